The summed E-state index contributed by atoms with van der Waals surface area (Å²) in [5, 5.41) is 11.4. The molecule has 0 aliphatic rings. The molecule has 0 atom stereocenters. The first-order valence-electron chi connectivity index (χ1n) is 4.54. The Bertz CT molecular complexity index is 251. The van der Waals surface area contributed by atoms with Crippen molar-refractivity contribution >= 4 is 11.9 Å². The molecule has 2 N–H and O–H groups in total. The van der Waals surface area contributed by atoms with Crippen LogP contribution >= 0.6 is 0 Å². The second-order valence-corrected chi connectivity index (χ2v) is 2.88. The zero-order valence-corrected chi connectivity index (χ0v) is 8.61. The Morgan fingerprint density at radius 3 is 2.47 bits per heavy atom. The number of amides is 1. The molecule has 0 spiro atoms. The monoisotopic (exact) mass is 212 g/mol. The Hall–Kier alpha value is -1.62. The number of carboxylic acid groups (broad SMARTS) is 1. The van der Waals surface area contributed by atoms with Crippen molar-refractivity contribution in [2.24, 2.45) is 0 Å². The van der Waals surface area contributed by atoms with Gasteiger partial charge >= 0.3 is 5.97 Å². The molecule has 0 aromatic heterocycles. The van der Waals surface area contributed by atoms with E-state index in [0.717, 1.165) is 0 Å². The molecule has 15 heavy (non-hydrogen) atoms. The largest absolute Gasteiger partial charge is 0.480 e. The van der Waals surface area contributed by atoms with Gasteiger partial charge in [-0.2, -0.15) is 0 Å². The summed E-state index contributed by atoms with van der Waals surface area (Å²) in [6.07, 6.45) is 3.12. The number of aliphatic carboxylic acids is 1. The average molecular weight is 212 g/mol. The highest BCUT2D eigenvalue weighted by Crippen LogP contribution is 1.90. The predicted molar refractivity (Wildman–Crippen MR) is 57.5 cm³/mol. The van der Waals surface area contributed by atoms with E-state index in [0.29, 0.717) is 6.54 Å². The fourth-order valence-corrected chi connectivity index (χ4v) is 0.967. The Morgan fingerprint density at radius 1 is 1.33 bits per heavy atom. The van der Waals surface area contributed by atoms with Gasteiger partial charge in [-0.05, 0) is 0 Å². The molecule has 0 aliphatic heterocycles. The molecule has 0 rings (SSSR count). The third kappa shape index (κ3) is 6.45. The fraction of sp³-hybridized carbons (Fsp3) is 0.400. The first-order valence-corrected chi connectivity index (χ1v) is 4.54. The fourth-order valence-electron chi connectivity index (χ4n) is 0.967. The third-order valence-electron chi connectivity index (χ3n) is 1.59. The number of nitrogens with one attached hydrogen (secondary N) is 1. The van der Waals surface area contributed by atoms with Crippen molar-refractivity contribution < 1.29 is 14.7 Å². The van der Waals surface area contributed by atoms with Crippen LogP contribution in [0.15, 0.2) is 25.3 Å². The Kier molecular flexibility index (Phi) is 6.92. The normalized spacial score (nSPS) is 9.33. The van der Waals surface area contributed by atoms with E-state index < -0.39 is 5.97 Å². The molecule has 0 fully saturated rings. The summed E-state index contributed by atoms with van der Waals surface area (Å²) in [5.74, 6) is -1.30. The van der Waals surface area contributed by atoms with Crippen molar-refractivity contribution in [1.29, 1.82) is 0 Å². The second-order valence-electron chi connectivity index (χ2n) is 2.88. The van der Waals surface area contributed by atoms with Crippen LogP contribution in [0.1, 0.15) is 0 Å². The van der Waals surface area contributed by atoms with Gasteiger partial charge in [-0.1, -0.05) is 12.2 Å². The topological polar surface area (TPSA) is 69.6 Å². The minimum atomic E-state index is -1.03. The first kappa shape index (κ1) is 13.4. The molecule has 5 heteroatoms. The van der Waals surface area contributed by atoms with Crippen LogP contribution in [0.4, 0.5) is 0 Å². The Balaban J connectivity index is 4.08. The van der Waals surface area contributed by atoms with Crippen molar-refractivity contribution in [2.75, 3.05) is 26.2 Å². The van der Waals surface area contributed by atoms with Crippen LogP contribution in [0.5, 0.6) is 0 Å². The van der Waals surface area contributed by atoms with E-state index in [1.54, 1.807) is 6.08 Å². The number of carboxylic acids is 1. The molecule has 5 nitrogen and oxygen atoms in total. The van der Waals surface area contributed by atoms with E-state index in [9.17, 15) is 9.59 Å². The van der Waals surface area contributed by atoms with Crippen LogP contribution in [-0.2, 0) is 9.59 Å². The maximum Gasteiger partial charge on any atom is 0.323 e. The van der Waals surface area contributed by atoms with E-state index in [1.807, 2.05) is 0 Å². The summed E-state index contributed by atoms with van der Waals surface area (Å²) in [6, 6.07) is 0. The molecule has 84 valence electrons. The van der Waals surface area contributed by atoms with Crippen LogP contribution in [0.25, 0.3) is 0 Å². The highest BCUT2D eigenvalue weighted by molar-refractivity contribution is 5.82. The van der Waals surface area contributed by atoms with Crippen LogP contribution in [0.3, 0.4) is 0 Å². The van der Waals surface area contributed by atoms with Crippen LogP contribution in [0, 0.1) is 0 Å². The number of carbonyl (C=O) groups excluding carboxylic acids is 1. The summed E-state index contributed by atoms with van der Waals surface area (Å²) in [4.78, 5) is 23.1. The molecular weight excluding hydrogens is 196 g/mol. The van der Waals surface area contributed by atoms with Gasteiger partial charge < -0.3 is 15.3 Å². The maximum absolute atomic E-state index is 11.5. The van der Waals surface area contributed by atoms with Crippen molar-refractivity contribution in [3.8, 4) is 0 Å². The average Bonchev–Trinajstić information content (AvgIpc) is 2.17. The smallest absolute Gasteiger partial charge is 0.323 e. The standard InChI is InChI=1S/C10H16N2O3/c1-3-5-11-7-9(13)12(6-4-2)8-10(14)15/h3-4,11H,1-2,5-8H2,(H,14,15). The summed E-state index contributed by atoms with van der Waals surface area (Å²) in [6.45, 7) is 7.50. The Labute approximate surface area is 89.1 Å². The van der Waals surface area contributed by atoms with Gasteiger partial charge in [0.25, 0.3) is 0 Å². The summed E-state index contributed by atoms with van der Waals surface area (Å²) in [7, 11) is 0. The molecule has 1 amide bonds. The van der Waals surface area contributed by atoms with Gasteiger partial charge in [0.05, 0.1) is 6.54 Å². The summed E-state index contributed by atoms with van der Waals surface area (Å²) >= 11 is 0. The lowest BCUT2D eigenvalue weighted by Gasteiger charge is -2.18. The minimum Gasteiger partial charge on any atom is -0.480 e. The van der Waals surface area contributed by atoms with Crippen molar-refractivity contribution in [3.63, 3.8) is 0 Å². The lowest BCUT2D eigenvalue weighted by Crippen LogP contribution is -2.41. The number of hydrogen-bond acceptors (Lipinski definition) is 3. The van der Waals surface area contributed by atoms with Crippen molar-refractivity contribution in [2.45, 2.75) is 0 Å². The zero-order valence-electron chi connectivity index (χ0n) is 8.61. The van der Waals surface area contributed by atoms with E-state index in [2.05, 4.69) is 18.5 Å². The number of rotatable bonds is 8. The van der Waals surface area contributed by atoms with Crippen LogP contribution in [0.2, 0.25) is 0 Å². The van der Waals surface area contributed by atoms with E-state index in [-0.39, 0.29) is 25.5 Å². The number of hydrogen-bond donors (Lipinski definition) is 2. The van der Waals surface area contributed by atoms with E-state index in [1.165, 1.54) is 11.0 Å². The van der Waals surface area contributed by atoms with E-state index >= 15 is 0 Å². The van der Waals surface area contributed by atoms with Gasteiger partial charge in [-0.25, -0.2) is 0 Å². The molecule has 0 heterocycles. The van der Waals surface area contributed by atoms with Crippen molar-refractivity contribution in [1.82, 2.24) is 10.2 Å². The van der Waals surface area contributed by atoms with Gasteiger partial charge in [0.15, 0.2) is 0 Å². The number of carbonyl (C=O) groups is 2. The third-order valence-corrected chi connectivity index (χ3v) is 1.59. The van der Waals surface area contributed by atoms with Gasteiger partial charge in [-0.3, -0.25) is 9.59 Å². The zero-order chi connectivity index (χ0) is 11.7. The molecule has 0 bridgehead atoms. The molecular formula is C10H16N2O3. The van der Waals surface area contributed by atoms with Crippen LogP contribution in [-0.4, -0.2) is 48.1 Å². The van der Waals surface area contributed by atoms with Gasteiger partial charge in [0, 0.05) is 13.1 Å². The van der Waals surface area contributed by atoms with Crippen LogP contribution < -0.4 is 5.32 Å². The molecule has 0 aromatic rings. The van der Waals surface area contributed by atoms with Gasteiger partial charge in [-0.15, -0.1) is 13.2 Å². The molecule has 0 unspecified atom stereocenters. The molecule has 0 aliphatic carbocycles. The highest BCUT2D eigenvalue weighted by Gasteiger charge is 2.14. The minimum absolute atomic E-state index is 0.104. The highest BCUT2D eigenvalue weighted by atomic mass is 16.4. The summed E-state index contributed by atoms with van der Waals surface area (Å²) < 4.78 is 0. The van der Waals surface area contributed by atoms with Crippen molar-refractivity contribution in [3.05, 3.63) is 25.3 Å². The van der Waals surface area contributed by atoms with E-state index in [4.69, 9.17) is 5.11 Å². The molecule has 0 saturated carbocycles. The SMILES string of the molecule is C=CCNCC(=O)N(CC=C)CC(=O)O. The second kappa shape index (κ2) is 7.75. The molecule has 0 radical (unpaired) electrons. The first-order chi connectivity index (χ1) is 7.11. The van der Waals surface area contributed by atoms with Gasteiger partial charge in [0.1, 0.15) is 6.54 Å². The lowest BCUT2D eigenvalue weighted by atomic mass is 10.4. The predicted octanol–water partition coefficient (Wildman–Crippen LogP) is -0.139. The molecule has 0 saturated heterocycles. The maximum atomic E-state index is 11.5. The quantitative estimate of drug-likeness (QED) is 0.434. The van der Waals surface area contributed by atoms with Gasteiger partial charge in [0.2, 0.25) is 5.91 Å². The number of nitrogens with zero attached hydrogens (tertiary/aromatic N) is 1. The lowest BCUT2D eigenvalue weighted by molar-refractivity contribution is -0.143. The Morgan fingerprint density at radius 2 is 2.00 bits per heavy atom. The summed E-state index contributed by atoms with van der Waals surface area (Å²) in [5.41, 5.74) is 0. The molecule has 0 aromatic carbocycles.